The van der Waals surface area contributed by atoms with Gasteiger partial charge in [-0.1, -0.05) is 0 Å². The molecule has 8 heteroatoms. The quantitative estimate of drug-likeness (QED) is 0.581. The lowest BCUT2D eigenvalue weighted by Crippen LogP contribution is -2.27. The van der Waals surface area contributed by atoms with E-state index >= 15 is 0 Å². The van der Waals surface area contributed by atoms with Crippen molar-refractivity contribution in [2.24, 2.45) is 0 Å². The zero-order valence-electron chi connectivity index (χ0n) is 10.1. The summed E-state index contributed by atoms with van der Waals surface area (Å²) in [5, 5.41) is 3.97. The predicted octanol–water partition coefficient (Wildman–Crippen LogP) is -0.259. The van der Waals surface area contributed by atoms with Gasteiger partial charge in [0.1, 0.15) is 6.33 Å². The molecule has 0 radical (unpaired) electrons. The number of carbonyl (C=O) groups is 1. The molecule has 1 amide bonds. The molecule has 0 aliphatic rings. The smallest absolute Gasteiger partial charge is 0.278 e. The van der Waals surface area contributed by atoms with E-state index in [9.17, 15) is 4.79 Å². The second kappa shape index (κ2) is 5.52. The van der Waals surface area contributed by atoms with Gasteiger partial charge in [-0.05, 0) is 6.92 Å². The number of methoxy groups -OCH3 is 1. The fourth-order valence-electron chi connectivity index (χ4n) is 1.41. The molecule has 0 atom stereocenters. The Morgan fingerprint density at radius 1 is 1.44 bits per heavy atom. The van der Waals surface area contributed by atoms with E-state index < -0.39 is 0 Å². The maximum absolute atomic E-state index is 11.8. The molecule has 0 fully saturated rings. The van der Waals surface area contributed by atoms with Crippen LogP contribution in [0.25, 0.3) is 5.78 Å². The Morgan fingerprint density at radius 2 is 2.28 bits per heavy atom. The number of hydrogen-bond donors (Lipinski definition) is 1. The van der Waals surface area contributed by atoms with Gasteiger partial charge in [-0.15, -0.1) is 0 Å². The number of hydrogen-bond acceptors (Lipinski definition) is 6. The van der Waals surface area contributed by atoms with E-state index in [1.165, 1.54) is 17.0 Å². The van der Waals surface area contributed by atoms with Crippen LogP contribution >= 0.6 is 0 Å². The van der Waals surface area contributed by atoms with Crippen LogP contribution in [-0.4, -0.2) is 45.8 Å². The van der Waals surface area contributed by atoms with Gasteiger partial charge < -0.3 is 4.74 Å². The Bertz CT molecular complexity index is 553. The van der Waals surface area contributed by atoms with Crippen LogP contribution in [0, 0.1) is 6.92 Å². The first-order chi connectivity index (χ1) is 8.74. The van der Waals surface area contributed by atoms with Crippen LogP contribution in [0.1, 0.15) is 16.1 Å². The minimum Gasteiger partial charge on any atom is -0.382 e. The van der Waals surface area contributed by atoms with Gasteiger partial charge in [0.05, 0.1) is 24.5 Å². The summed E-state index contributed by atoms with van der Waals surface area (Å²) in [4.78, 5) is 24.7. The molecule has 0 saturated carbocycles. The number of aromatic nitrogens is 4. The predicted molar refractivity (Wildman–Crippen MR) is 60.8 cm³/mol. The third-order valence-electron chi connectivity index (χ3n) is 2.35. The molecule has 0 aliphatic carbocycles. The zero-order chi connectivity index (χ0) is 13.0. The fourth-order valence-corrected chi connectivity index (χ4v) is 1.41. The van der Waals surface area contributed by atoms with Gasteiger partial charge in [0.2, 0.25) is 0 Å². The minimum atomic E-state index is -0.381. The van der Waals surface area contributed by atoms with Crippen molar-refractivity contribution in [3.63, 3.8) is 0 Å². The maximum atomic E-state index is 11.8. The van der Waals surface area contributed by atoms with E-state index in [0.29, 0.717) is 23.6 Å². The first kappa shape index (κ1) is 12.4. The number of fused-ring (bicyclic) bond motifs is 1. The first-order valence-corrected chi connectivity index (χ1v) is 5.30. The second-order valence-electron chi connectivity index (χ2n) is 3.50. The van der Waals surface area contributed by atoms with Crippen LogP contribution in [0.4, 0.5) is 0 Å². The van der Waals surface area contributed by atoms with Crippen LogP contribution in [-0.2, 0) is 9.57 Å². The summed E-state index contributed by atoms with van der Waals surface area (Å²) < 4.78 is 6.28. The number of hydroxylamine groups is 1. The highest BCUT2D eigenvalue weighted by Gasteiger charge is 2.13. The van der Waals surface area contributed by atoms with Gasteiger partial charge in [0.15, 0.2) is 0 Å². The lowest BCUT2D eigenvalue weighted by molar-refractivity contribution is 0.00878. The molecule has 0 saturated heterocycles. The molecular formula is C10H13N5O3. The summed E-state index contributed by atoms with van der Waals surface area (Å²) in [5.41, 5.74) is 3.33. The number of rotatable bonds is 5. The molecule has 0 unspecified atom stereocenters. The number of nitrogens with one attached hydrogen (secondary N) is 1. The van der Waals surface area contributed by atoms with Crippen LogP contribution in [0.15, 0.2) is 12.5 Å². The van der Waals surface area contributed by atoms with E-state index in [-0.39, 0.29) is 12.5 Å². The number of nitrogens with zero attached hydrogens (tertiary/aromatic N) is 4. The number of ether oxygens (including phenoxy) is 1. The molecule has 0 aromatic carbocycles. The molecule has 18 heavy (non-hydrogen) atoms. The molecule has 2 heterocycles. The fraction of sp³-hybridized carbons (Fsp3) is 0.400. The largest absolute Gasteiger partial charge is 0.382 e. The van der Waals surface area contributed by atoms with Crippen molar-refractivity contribution in [2.45, 2.75) is 6.92 Å². The van der Waals surface area contributed by atoms with Crippen LogP contribution in [0.2, 0.25) is 0 Å². The molecular weight excluding hydrogens is 238 g/mol. The van der Waals surface area contributed by atoms with Gasteiger partial charge in [-0.2, -0.15) is 10.1 Å². The van der Waals surface area contributed by atoms with E-state index in [1.54, 1.807) is 14.0 Å². The highest BCUT2D eigenvalue weighted by molar-refractivity contribution is 5.94. The molecule has 2 rings (SSSR count). The van der Waals surface area contributed by atoms with Crippen molar-refractivity contribution in [3.8, 4) is 0 Å². The van der Waals surface area contributed by atoms with Gasteiger partial charge in [-0.3, -0.25) is 9.63 Å². The molecule has 2 aromatic heterocycles. The topological polar surface area (TPSA) is 90.6 Å². The monoisotopic (exact) mass is 251 g/mol. The third-order valence-corrected chi connectivity index (χ3v) is 2.35. The molecule has 2 aromatic rings. The summed E-state index contributed by atoms with van der Waals surface area (Å²) in [6, 6.07) is 0. The number of aryl methyl sites for hydroxylation is 1. The normalized spacial score (nSPS) is 10.8. The first-order valence-electron chi connectivity index (χ1n) is 5.30. The van der Waals surface area contributed by atoms with Crippen molar-refractivity contribution in [1.82, 2.24) is 25.1 Å². The average molecular weight is 251 g/mol. The van der Waals surface area contributed by atoms with Crippen molar-refractivity contribution >= 4 is 11.7 Å². The SMILES string of the molecule is COCCONC(=O)c1cnc2ncnn2c1C. The van der Waals surface area contributed by atoms with E-state index in [1.807, 2.05) is 0 Å². The molecule has 8 nitrogen and oxygen atoms in total. The van der Waals surface area contributed by atoms with Crippen molar-refractivity contribution < 1.29 is 14.4 Å². The highest BCUT2D eigenvalue weighted by atomic mass is 16.7. The molecule has 0 spiro atoms. The van der Waals surface area contributed by atoms with Crippen LogP contribution < -0.4 is 5.48 Å². The Balaban J connectivity index is 2.10. The third kappa shape index (κ3) is 2.44. The molecule has 96 valence electrons. The van der Waals surface area contributed by atoms with E-state index in [2.05, 4.69) is 20.5 Å². The van der Waals surface area contributed by atoms with Gasteiger partial charge in [0, 0.05) is 13.3 Å². The molecule has 0 aliphatic heterocycles. The zero-order valence-corrected chi connectivity index (χ0v) is 10.1. The Morgan fingerprint density at radius 3 is 3.06 bits per heavy atom. The summed E-state index contributed by atoms with van der Waals surface area (Å²) in [7, 11) is 1.55. The highest BCUT2D eigenvalue weighted by Crippen LogP contribution is 2.06. The van der Waals surface area contributed by atoms with Crippen LogP contribution in [0.5, 0.6) is 0 Å². The molecule has 0 bridgehead atoms. The molecule has 1 N–H and O–H groups in total. The van der Waals surface area contributed by atoms with Gasteiger partial charge in [0.25, 0.3) is 11.7 Å². The van der Waals surface area contributed by atoms with Crippen molar-refractivity contribution in [2.75, 3.05) is 20.3 Å². The summed E-state index contributed by atoms with van der Waals surface area (Å²) in [6.45, 7) is 2.44. The maximum Gasteiger partial charge on any atom is 0.278 e. The lowest BCUT2D eigenvalue weighted by Gasteiger charge is -2.07. The van der Waals surface area contributed by atoms with Crippen molar-refractivity contribution in [1.29, 1.82) is 0 Å². The number of amides is 1. The second-order valence-corrected chi connectivity index (χ2v) is 3.50. The van der Waals surface area contributed by atoms with E-state index in [0.717, 1.165) is 0 Å². The Labute approximate surface area is 103 Å². The lowest BCUT2D eigenvalue weighted by atomic mass is 10.2. The Kier molecular flexibility index (Phi) is 3.80. The standard InChI is InChI=1S/C10H13N5O3/c1-7-8(9(16)14-18-4-3-17-2)5-11-10-12-6-13-15(7)10/h5-6H,3-4H2,1-2H3,(H,14,16). The van der Waals surface area contributed by atoms with Gasteiger partial charge in [-0.25, -0.2) is 15.0 Å². The van der Waals surface area contributed by atoms with Crippen LogP contribution in [0.3, 0.4) is 0 Å². The van der Waals surface area contributed by atoms with E-state index in [4.69, 9.17) is 9.57 Å². The van der Waals surface area contributed by atoms with Crippen molar-refractivity contribution in [3.05, 3.63) is 23.8 Å². The number of carbonyl (C=O) groups excluding carboxylic acids is 1. The summed E-state index contributed by atoms with van der Waals surface area (Å²) in [6.07, 6.45) is 2.82. The van der Waals surface area contributed by atoms with Gasteiger partial charge >= 0.3 is 0 Å². The summed E-state index contributed by atoms with van der Waals surface area (Å²) in [5.74, 6) is 0.0675. The summed E-state index contributed by atoms with van der Waals surface area (Å²) >= 11 is 0. The Hall–Kier alpha value is -2.06. The average Bonchev–Trinajstić information content (AvgIpc) is 2.84. The minimum absolute atomic E-state index is 0.278.